The molecule has 0 saturated carbocycles. The van der Waals surface area contributed by atoms with Gasteiger partial charge in [-0.1, -0.05) is 11.6 Å². The first-order chi connectivity index (χ1) is 16.3. The van der Waals surface area contributed by atoms with Gasteiger partial charge in [0.15, 0.2) is 0 Å². The molecule has 0 N–H and O–H groups in total. The van der Waals surface area contributed by atoms with E-state index in [1.165, 1.54) is 21.3 Å². The maximum atomic E-state index is 13.1. The van der Waals surface area contributed by atoms with Gasteiger partial charge in [0.25, 0.3) is 5.91 Å². The van der Waals surface area contributed by atoms with Crippen molar-refractivity contribution in [3.8, 4) is 0 Å². The second-order valence-electron chi connectivity index (χ2n) is 8.13. The van der Waals surface area contributed by atoms with Crippen LogP contribution < -0.4 is 4.31 Å². The highest BCUT2D eigenvalue weighted by molar-refractivity contribution is 7.93. The molecule has 2 heterocycles. The molecule has 2 aliphatic rings. The number of piperazine rings is 1. The van der Waals surface area contributed by atoms with Crippen molar-refractivity contribution in [1.29, 1.82) is 0 Å². The molecule has 14 heteroatoms. The van der Waals surface area contributed by atoms with Gasteiger partial charge in [0.05, 0.1) is 22.0 Å². The summed E-state index contributed by atoms with van der Waals surface area (Å²) in [6, 6.07) is 8.24. The molecule has 8 nitrogen and oxygen atoms in total. The number of amides is 1. The molecule has 0 aliphatic carbocycles. The van der Waals surface area contributed by atoms with E-state index in [0.29, 0.717) is 36.3 Å². The zero-order valence-corrected chi connectivity index (χ0v) is 20.6. The Bertz CT molecular complexity index is 1340. The lowest BCUT2D eigenvalue weighted by Gasteiger charge is -2.34. The maximum Gasteiger partial charge on any atom is 0.416 e. The molecule has 0 bridgehead atoms. The van der Waals surface area contributed by atoms with Crippen LogP contribution in [-0.2, 0) is 26.2 Å². The minimum Gasteiger partial charge on any atom is -0.336 e. The van der Waals surface area contributed by atoms with Crippen LogP contribution in [0.1, 0.15) is 22.3 Å². The standard InChI is InChI=1S/C21H21ClF3N3O5S2/c22-18-7-4-16(21(23,24)25)14-19(18)35(32,33)27-11-9-26(10-12-27)20(29)15-2-5-17(6-3-15)28-8-1-13-34(28,30)31/h2-7,14H,1,8-13H2. The number of hydrogen-bond acceptors (Lipinski definition) is 5. The van der Waals surface area contributed by atoms with Gasteiger partial charge in [-0.05, 0) is 48.9 Å². The number of halogens is 4. The maximum absolute atomic E-state index is 13.1. The van der Waals surface area contributed by atoms with Gasteiger partial charge in [-0.2, -0.15) is 17.5 Å². The molecule has 2 saturated heterocycles. The van der Waals surface area contributed by atoms with E-state index < -0.39 is 36.7 Å². The third-order valence-electron chi connectivity index (χ3n) is 5.90. The zero-order chi connectivity index (χ0) is 25.6. The topological polar surface area (TPSA) is 95.1 Å². The quantitative estimate of drug-likeness (QED) is 0.582. The lowest BCUT2D eigenvalue weighted by molar-refractivity contribution is -0.137. The van der Waals surface area contributed by atoms with Gasteiger partial charge >= 0.3 is 6.18 Å². The summed E-state index contributed by atoms with van der Waals surface area (Å²) in [5, 5.41) is -0.323. The molecule has 2 aliphatic heterocycles. The normalized spacial score (nSPS) is 19.2. The van der Waals surface area contributed by atoms with E-state index in [-0.39, 0.29) is 42.9 Å². The Morgan fingerprint density at radius 3 is 2.11 bits per heavy atom. The summed E-state index contributed by atoms with van der Waals surface area (Å²) < 4.78 is 91.5. The Morgan fingerprint density at radius 1 is 0.943 bits per heavy atom. The van der Waals surface area contributed by atoms with Crippen LogP contribution in [0.25, 0.3) is 0 Å². The Kier molecular flexibility index (Phi) is 6.81. The summed E-state index contributed by atoms with van der Waals surface area (Å²) in [5.41, 5.74) is -0.352. The van der Waals surface area contributed by atoms with Crippen molar-refractivity contribution >= 4 is 43.2 Å². The highest BCUT2D eigenvalue weighted by atomic mass is 35.5. The second-order valence-corrected chi connectivity index (χ2v) is 12.5. The molecule has 0 radical (unpaired) electrons. The van der Waals surface area contributed by atoms with Crippen molar-refractivity contribution in [1.82, 2.24) is 9.21 Å². The number of alkyl halides is 3. The monoisotopic (exact) mass is 551 g/mol. The lowest BCUT2D eigenvalue weighted by atomic mass is 10.1. The number of benzene rings is 2. The van der Waals surface area contributed by atoms with Gasteiger partial charge in [0, 0.05) is 38.3 Å². The van der Waals surface area contributed by atoms with Gasteiger partial charge in [-0.25, -0.2) is 16.8 Å². The van der Waals surface area contributed by atoms with Crippen LogP contribution in [0.2, 0.25) is 5.02 Å². The molecule has 2 aromatic carbocycles. The van der Waals surface area contributed by atoms with E-state index in [9.17, 15) is 34.8 Å². The molecule has 2 aromatic rings. The van der Waals surface area contributed by atoms with E-state index >= 15 is 0 Å². The molecule has 35 heavy (non-hydrogen) atoms. The molecule has 0 atom stereocenters. The molecule has 4 rings (SSSR count). The largest absolute Gasteiger partial charge is 0.416 e. The van der Waals surface area contributed by atoms with E-state index in [4.69, 9.17) is 11.6 Å². The number of anilines is 1. The minimum atomic E-state index is -4.73. The van der Waals surface area contributed by atoms with Crippen molar-refractivity contribution in [2.75, 3.05) is 42.8 Å². The first-order valence-corrected chi connectivity index (χ1v) is 14.0. The highest BCUT2D eigenvalue weighted by Crippen LogP contribution is 2.34. The summed E-state index contributed by atoms with van der Waals surface area (Å²) in [6.07, 6.45) is -4.20. The fourth-order valence-corrected chi connectivity index (χ4v) is 7.52. The summed E-state index contributed by atoms with van der Waals surface area (Å²) in [7, 11) is -7.66. The van der Waals surface area contributed by atoms with Crippen LogP contribution >= 0.6 is 11.6 Å². The molecule has 0 aromatic heterocycles. The summed E-state index contributed by atoms with van der Waals surface area (Å²) in [6.45, 7) is 0.186. The van der Waals surface area contributed by atoms with Crippen molar-refractivity contribution in [3.63, 3.8) is 0 Å². The summed E-state index contributed by atoms with van der Waals surface area (Å²) >= 11 is 5.91. The first kappa shape index (κ1) is 25.7. The molecular weight excluding hydrogens is 531 g/mol. The average molecular weight is 552 g/mol. The summed E-state index contributed by atoms with van der Waals surface area (Å²) in [5.74, 6) is -0.290. The van der Waals surface area contributed by atoms with Crippen LogP contribution in [0.4, 0.5) is 18.9 Å². The smallest absolute Gasteiger partial charge is 0.336 e. The predicted molar refractivity (Wildman–Crippen MR) is 123 cm³/mol. The lowest BCUT2D eigenvalue weighted by Crippen LogP contribution is -2.50. The fourth-order valence-electron chi connectivity index (χ4n) is 4.03. The Hall–Kier alpha value is -2.35. The highest BCUT2D eigenvalue weighted by Gasteiger charge is 2.36. The van der Waals surface area contributed by atoms with Gasteiger partial charge < -0.3 is 4.90 Å². The van der Waals surface area contributed by atoms with Crippen LogP contribution in [0.5, 0.6) is 0 Å². The van der Waals surface area contributed by atoms with Gasteiger partial charge in [0.2, 0.25) is 20.0 Å². The third-order valence-corrected chi connectivity index (χ3v) is 10.2. The molecular formula is C21H21ClF3N3O5S2. The fraction of sp³-hybridized carbons (Fsp3) is 0.381. The SMILES string of the molecule is O=C(c1ccc(N2CCCS2(=O)=O)cc1)N1CCN(S(=O)(=O)c2cc(C(F)(F)F)ccc2Cl)CC1. The number of carbonyl (C=O) groups is 1. The Morgan fingerprint density at radius 2 is 1.57 bits per heavy atom. The second kappa shape index (κ2) is 9.26. The van der Waals surface area contributed by atoms with Crippen LogP contribution in [0.15, 0.2) is 47.4 Å². The predicted octanol–water partition coefficient (Wildman–Crippen LogP) is 3.05. The van der Waals surface area contributed by atoms with Gasteiger partial charge in [0.1, 0.15) is 4.90 Å². The number of sulfonamides is 2. The van der Waals surface area contributed by atoms with Crippen molar-refractivity contribution in [2.45, 2.75) is 17.5 Å². The number of carbonyl (C=O) groups excluding carboxylic acids is 1. The Labute approximate surface area is 206 Å². The number of rotatable bonds is 4. The van der Waals surface area contributed by atoms with E-state index in [1.807, 2.05) is 0 Å². The zero-order valence-electron chi connectivity index (χ0n) is 18.2. The molecule has 0 unspecified atom stereocenters. The van der Waals surface area contributed by atoms with E-state index in [1.54, 1.807) is 12.1 Å². The van der Waals surface area contributed by atoms with Gasteiger partial charge in [-0.3, -0.25) is 9.10 Å². The molecule has 0 spiro atoms. The van der Waals surface area contributed by atoms with Crippen LogP contribution in [-0.4, -0.2) is 70.4 Å². The molecule has 1 amide bonds. The molecule has 2 fully saturated rings. The third kappa shape index (κ3) is 5.13. The minimum absolute atomic E-state index is 0.0247. The number of hydrogen-bond donors (Lipinski definition) is 0. The van der Waals surface area contributed by atoms with Crippen LogP contribution in [0.3, 0.4) is 0 Å². The van der Waals surface area contributed by atoms with Crippen molar-refractivity contribution in [2.24, 2.45) is 0 Å². The van der Waals surface area contributed by atoms with E-state index in [0.717, 1.165) is 10.4 Å². The molecule has 190 valence electrons. The Balaban J connectivity index is 1.45. The average Bonchev–Trinajstić information content (AvgIpc) is 3.17. The van der Waals surface area contributed by atoms with Gasteiger partial charge in [-0.15, -0.1) is 0 Å². The number of nitrogens with zero attached hydrogens (tertiary/aromatic N) is 3. The summed E-state index contributed by atoms with van der Waals surface area (Å²) in [4.78, 5) is 13.7. The van der Waals surface area contributed by atoms with Crippen molar-refractivity contribution in [3.05, 3.63) is 58.6 Å². The van der Waals surface area contributed by atoms with E-state index in [2.05, 4.69) is 0 Å². The van der Waals surface area contributed by atoms with Crippen molar-refractivity contribution < 1.29 is 34.8 Å². The van der Waals surface area contributed by atoms with Crippen LogP contribution in [0, 0.1) is 0 Å². The first-order valence-electron chi connectivity index (χ1n) is 10.6.